The fraction of sp³-hybridized carbons (Fsp3) is 0.200. The molecule has 2 rings (SSSR count). The van der Waals surface area contributed by atoms with Crippen LogP contribution in [-0.4, -0.2) is 0 Å². The van der Waals surface area contributed by atoms with E-state index < -0.39 is 0 Å². The third kappa shape index (κ3) is 2.98. The van der Waals surface area contributed by atoms with E-state index in [2.05, 4.69) is 82.1 Å². The Morgan fingerprint density at radius 1 is 0.944 bits per heavy atom. The van der Waals surface area contributed by atoms with Crippen molar-refractivity contribution in [2.45, 2.75) is 19.2 Å². The van der Waals surface area contributed by atoms with Crippen molar-refractivity contribution in [3.05, 3.63) is 67.6 Å². The van der Waals surface area contributed by atoms with E-state index in [1.807, 2.05) is 0 Å². The average Bonchev–Trinajstić information content (AvgIpc) is 2.34. The van der Waals surface area contributed by atoms with E-state index in [4.69, 9.17) is 11.6 Å². The number of rotatable bonds is 2. The van der Waals surface area contributed by atoms with Crippen LogP contribution in [0.3, 0.4) is 0 Å². The van der Waals surface area contributed by atoms with Crippen molar-refractivity contribution in [3.63, 3.8) is 0 Å². The standard InChI is InChI=1S/C15H13Br2Cl/c1-9-3-5-11(6-4-9)15(18)12-8-13(16)10(2)7-14(12)17/h3-8,15H,1-2H3. The van der Waals surface area contributed by atoms with Crippen molar-refractivity contribution >= 4 is 43.5 Å². The number of hydrogen-bond donors (Lipinski definition) is 0. The highest BCUT2D eigenvalue weighted by Crippen LogP contribution is 2.36. The smallest absolute Gasteiger partial charge is 0.0846 e. The molecule has 0 aliphatic rings. The van der Waals surface area contributed by atoms with Crippen molar-refractivity contribution in [3.8, 4) is 0 Å². The second-order valence-electron chi connectivity index (χ2n) is 4.40. The van der Waals surface area contributed by atoms with E-state index in [1.54, 1.807) is 0 Å². The predicted molar refractivity (Wildman–Crippen MR) is 85.5 cm³/mol. The Kier molecular flexibility index (Phi) is 4.52. The Balaban J connectivity index is 2.42. The Hall–Kier alpha value is -0.310. The molecule has 18 heavy (non-hydrogen) atoms. The largest absolute Gasteiger partial charge is 0.113 e. The molecule has 0 amide bonds. The van der Waals surface area contributed by atoms with Crippen LogP contribution in [0.2, 0.25) is 0 Å². The van der Waals surface area contributed by atoms with E-state index in [9.17, 15) is 0 Å². The number of aryl methyl sites for hydroxylation is 2. The number of alkyl halides is 1. The lowest BCUT2D eigenvalue weighted by Crippen LogP contribution is -1.96. The minimum atomic E-state index is -0.142. The Morgan fingerprint density at radius 2 is 1.56 bits per heavy atom. The van der Waals surface area contributed by atoms with Crippen LogP contribution < -0.4 is 0 Å². The summed E-state index contributed by atoms with van der Waals surface area (Å²) in [5.74, 6) is 0. The zero-order valence-electron chi connectivity index (χ0n) is 10.2. The second kappa shape index (κ2) is 5.77. The number of benzene rings is 2. The molecule has 0 N–H and O–H groups in total. The summed E-state index contributed by atoms with van der Waals surface area (Å²) in [7, 11) is 0. The van der Waals surface area contributed by atoms with Gasteiger partial charge in [0.1, 0.15) is 0 Å². The van der Waals surface area contributed by atoms with Gasteiger partial charge in [-0.15, -0.1) is 11.6 Å². The van der Waals surface area contributed by atoms with Gasteiger partial charge in [-0.2, -0.15) is 0 Å². The van der Waals surface area contributed by atoms with Crippen molar-refractivity contribution in [1.29, 1.82) is 0 Å². The van der Waals surface area contributed by atoms with Gasteiger partial charge in [-0.05, 0) is 42.7 Å². The van der Waals surface area contributed by atoms with Gasteiger partial charge in [-0.3, -0.25) is 0 Å². The van der Waals surface area contributed by atoms with E-state index >= 15 is 0 Å². The van der Waals surface area contributed by atoms with Crippen LogP contribution in [-0.2, 0) is 0 Å². The van der Waals surface area contributed by atoms with Crippen molar-refractivity contribution in [2.75, 3.05) is 0 Å². The lowest BCUT2D eigenvalue weighted by molar-refractivity contribution is 1.11. The monoisotopic (exact) mass is 386 g/mol. The molecule has 0 aliphatic heterocycles. The van der Waals surface area contributed by atoms with Crippen molar-refractivity contribution < 1.29 is 0 Å². The van der Waals surface area contributed by atoms with Crippen LogP contribution in [0.1, 0.15) is 27.6 Å². The topological polar surface area (TPSA) is 0 Å². The lowest BCUT2D eigenvalue weighted by atomic mass is 10.0. The van der Waals surface area contributed by atoms with Gasteiger partial charge < -0.3 is 0 Å². The lowest BCUT2D eigenvalue weighted by Gasteiger charge is -2.14. The molecular formula is C15H13Br2Cl. The Labute approximate surface area is 130 Å². The molecule has 0 saturated carbocycles. The summed E-state index contributed by atoms with van der Waals surface area (Å²) in [4.78, 5) is 0. The van der Waals surface area contributed by atoms with Gasteiger partial charge in [0, 0.05) is 8.95 Å². The van der Waals surface area contributed by atoms with Crippen LogP contribution in [0.5, 0.6) is 0 Å². The zero-order valence-corrected chi connectivity index (χ0v) is 14.1. The maximum atomic E-state index is 6.56. The molecule has 0 bridgehead atoms. The van der Waals surface area contributed by atoms with Crippen LogP contribution in [0.15, 0.2) is 45.3 Å². The minimum Gasteiger partial charge on any atom is -0.113 e. The van der Waals surface area contributed by atoms with Crippen LogP contribution in [0.25, 0.3) is 0 Å². The summed E-state index contributed by atoms with van der Waals surface area (Å²) in [6.45, 7) is 4.14. The van der Waals surface area contributed by atoms with E-state index in [-0.39, 0.29) is 5.38 Å². The van der Waals surface area contributed by atoms with Crippen molar-refractivity contribution in [1.82, 2.24) is 0 Å². The molecule has 0 radical (unpaired) electrons. The quantitative estimate of drug-likeness (QED) is 0.541. The van der Waals surface area contributed by atoms with Crippen molar-refractivity contribution in [2.24, 2.45) is 0 Å². The molecule has 3 heteroatoms. The zero-order chi connectivity index (χ0) is 13.3. The summed E-state index contributed by atoms with van der Waals surface area (Å²) >= 11 is 13.7. The van der Waals surface area contributed by atoms with Gasteiger partial charge in [0.25, 0.3) is 0 Å². The molecule has 0 heterocycles. The van der Waals surface area contributed by atoms with E-state index in [1.165, 1.54) is 11.1 Å². The van der Waals surface area contributed by atoms with Gasteiger partial charge in [-0.25, -0.2) is 0 Å². The summed E-state index contributed by atoms with van der Waals surface area (Å²) < 4.78 is 2.13. The Morgan fingerprint density at radius 3 is 2.17 bits per heavy atom. The minimum absolute atomic E-state index is 0.142. The predicted octanol–water partition coefficient (Wildman–Crippen LogP) is 6.16. The molecule has 94 valence electrons. The number of halogens is 3. The van der Waals surface area contributed by atoms with Gasteiger partial charge in [0.15, 0.2) is 0 Å². The third-order valence-electron chi connectivity index (χ3n) is 2.92. The molecule has 0 aromatic heterocycles. The summed E-state index contributed by atoms with van der Waals surface area (Å²) in [6, 6.07) is 12.5. The van der Waals surface area contributed by atoms with Gasteiger partial charge in [0.05, 0.1) is 5.38 Å². The molecule has 0 fully saturated rings. The maximum absolute atomic E-state index is 6.56. The molecule has 2 aromatic carbocycles. The molecule has 1 unspecified atom stereocenters. The first-order valence-corrected chi connectivity index (χ1v) is 7.67. The molecular weight excluding hydrogens is 375 g/mol. The highest BCUT2D eigenvalue weighted by Gasteiger charge is 2.15. The first-order chi connectivity index (χ1) is 8.49. The Bertz CT molecular complexity index is 561. The molecule has 0 nitrogen and oxygen atoms in total. The highest BCUT2D eigenvalue weighted by molar-refractivity contribution is 9.11. The summed E-state index contributed by atoms with van der Waals surface area (Å²) in [5.41, 5.74) is 4.63. The second-order valence-corrected chi connectivity index (χ2v) is 6.54. The first-order valence-electron chi connectivity index (χ1n) is 5.65. The fourth-order valence-electron chi connectivity index (χ4n) is 1.77. The average molecular weight is 389 g/mol. The number of hydrogen-bond acceptors (Lipinski definition) is 0. The molecule has 0 aliphatic carbocycles. The van der Waals surface area contributed by atoms with E-state index in [0.29, 0.717) is 0 Å². The van der Waals surface area contributed by atoms with Crippen LogP contribution in [0, 0.1) is 13.8 Å². The third-order valence-corrected chi connectivity index (χ3v) is 4.95. The van der Waals surface area contributed by atoms with Crippen LogP contribution in [0.4, 0.5) is 0 Å². The summed E-state index contributed by atoms with van der Waals surface area (Å²) in [6.07, 6.45) is 0. The van der Waals surface area contributed by atoms with Gasteiger partial charge >= 0.3 is 0 Å². The first kappa shape index (κ1) is 14.1. The fourth-order valence-corrected chi connectivity index (χ4v) is 3.28. The molecule has 1 atom stereocenters. The van der Waals surface area contributed by atoms with Crippen LogP contribution >= 0.6 is 43.5 Å². The molecule has 0 spiro atoms. The molecule has 2 aromatic rings. The normalized spacial score (nSPS) is 12.5. The van der Waals surface area contributed by atoms with Gasteiger partial charge in [-0.1, -0.05) is 61.7 Å². The maximum Gasteiger partial charge on any atom is 0.0846 e. The molecule has 0 saturated heterocycles. The van der Waals surface area contributed by atoms with Gasteiger partial charge in [0.2, 0.25) is 0 Å². The van der Waals surface area contributed by atoms with E-state index in [0.717, 1.165) is 20.1 Å². The summed E-state index contributed by atoms with van der Waals surface area (Å²) in [5, 5.41) is -0.142. The highest BCUT2D eigenvalue weighted by atomic mass is 79.9. The SMILES string of the molecule is Cc1ccc(C(Cl)c2cc(Br)c(C)cc2Br)cc1.